The van der Waals surface area contributed by atoms with Crippen molar-refractivity contribution in [3.8, 4) is 34.8 Å². The summed E-state index contributed by atoms with van der Waals surface area (Å²) in [6.45, 7) is -1.05. The number of methoxy groups -OCH3 is 1. The highest BCUT2D eigenvalue weighted by molar-refractivity contribution is 7.95. The summed E-state index contributed by atoms with van der Waals surface area (Å²) in [4.78, 5) is 16.5. The molecule has 0 amide bonds. The van der Waals surface area contributed by atoms with Crippen molar-refractivity contribution >= 4 is 21.9 Å². The van der Waals surface area contributed by atoms with E-state index in [9.17, 15) is 17.2 Å². The number of benzene rings is 2. The minimum Gasteiger partial charge on any atom is -0.493 e. The van der Waals surface area contributed by atoms with Gasteiger partial charge in [0.2, 0.25) is 11.6 Å². The van der Waals surface area contributed by atoms with E-state index in [1.807, 2.05) is 0 Å². The van der Waals surface area contributed by atoms with Gasteiger partial charge in [-0.2, -0.15) is 4.98 Å². The van der Waals surface area contributed by atoms with Gasteiger partial charge in [0.1, 0.15) is 0 Å². The first-order valence-electron chi connectivity index (χ1n) is 11.0. The fourth-order valence-electron chi connectivity index (χ4n) is 3.06. The number of hydrogen-bond acceptors (Lipinski definition) is 9. The number of anilines is 1. The molecule has 2 aromatic heterocycles. The van der Waals surface area contributed by atoms with Crippen LogP contribution in [0.25, 0.3) is 17.7 Å². The number of nitrogens with one attached hydrogen (secondary N) is 1. The fraction of sp³-hybridized carbons (Fsp3) is 0.120. The molecule has 0 radical (unpaired) electrons. The van der Waals surface area contributed by atoms with Crippen LogP contribution in [-0.2, 0) is 10.0 Å². The maximum absolute atomic E-state index is 13.1. The molecule has 10 nitrogen and oxygen atoms in total. The van der Waals surface area contributed by atoms with E-state index in [0.717, 1.165) is 5.41 Å². The summed E-state index contributed by atoms with van der Waals surface area (Å²) in [7, 11) is -2.78. The maximum atomic E-state index is 13.1. The molecular weight excluding hydrogens is 520 g/mol. The molecule has 0 atom stereocenters. The van der Waals surface area contributed by atoms with E-state index in [2.05, 4.69) is 24.7 Å². The zero-order chi connectivity index (χ0) is 27.0. The van der Waals surface area contributed by atoms with Gasteiger partial charge in [-0.05, 0) is 29.8 Å². The van der Waals surface area contributed by atoms with Crippen LogP contribution < -0.4 is 18.9 Å². The van der Waals surface area contributed by atoms with Crippen molar-refractivity contribution in [2.75, 3.05) is 18.4 Å². The van der Waals surface area contributed by atoms with Gasteiger partial charge < -0.3 is 14.2 Å². The molecule has 38 heavy (non-hydrogen) atoms. The van der Waals surface area contributed by atoms with Gasteiger partial charge in [0, 0.05) is 12.4 Å². The van der Waals surface area contributed by atoms with Gasteiger partial charge in [-0.15, -0.1) is 0 Å². The van der Waals surface area contributed by atoms with Gasteiger partial charge in [-0.1, -0.05) is 42.5 Å². The predicted molar refractivity (Wildman–Crippen MR) is 136 cm³/mol. The Labute approximate surface area is 217 Å². The number of para-hydroxylation sites is 2. The summed E-state index contributed by atoms with van der Waals surface area (Å²) in [5.41, 5.74) is 0.630. The van der Waals surface area contributed by atoms with E-state index in [1.54, 1.807) is 54.6 Å². The van der Waals surface area contributed by atoms with Crippen molar-refractivity contribution in [2.24, 2.45) is 0 Å². The molecule has 0 aliphatic heterocycles. The molecule has 0 unspecified atom stereocenters. The molecule has 196 valence electrons. The van der Waals surface area contributed by atoms with Crippen LogP contribution in [0.2, 0.25) is 0 Å². The quantitative estimate of drug-likeness (QED) is 0.285. The number of halogens is 2. The summed E-state index contributed by atoms with van der Waals surface area (Å²) >= 11 is 0. The second-order valence-corrected chi connectivity index (χ2v) is 8.98. The van der Waals surface area contributed by atoms with E-state index < -0.39 is 34.8 Å². The summed E-state index contributed by atoms with van der Waals surface area (Å²) in [6, 6.07) is 16.7. The highest BCUT2D eigenvalue weighted by Gasteiger charge is 2.25. The van der Waals surface area contributed by atoms with Gasteiger partial charge in [0.25, 0.3) is 22.3 Å². The maximum Gasteiger partial charge on any atom is 0.272 e. The third-order valence-electron chi connectivity index (χ3n) is 4.71. The molecule has 0 saturated carbocycles. The number of nitrogens with zero attached hydrogens (tertiary/aromatic N) is 4. The van der Waals surface area contributed by atoms with Gasteiger partial charge in [-0.3, -0.25) is 4.72 Å². The van der Waals surface area contributed by atoms with Gasteiger partial charge in [0.15, 0.2) is 29.7 Å². The molecular formula is C25H21F2N5O5S. The first-order chi connectivity index (χ1) is 18.3. The Kier molecular flexibility index (Phi) is 8.38. The Morgan fingerprint density at radius 2 is 1.61 bits per heavy atom. The van der Waals surface area contributed by atoms with Crippen LogP contribution in [0.1, 0.15) is 5.56 Å². The highest BCUT2D eigenvalue weighted by Crippen LogP contribution is 2.41. The van der Waals surface area contributed by atoms with Crippen LogP contribution in [0, 0.1) is 0 Å². The van der Waals surface area contributed by atoms with E-state index in [0.29, 0.717) is 5.56 Å². The van der Waals surface area contributed by atoms with Crippen LogP contribution >= 0.6 is 0 Å². The highest BCUT2D eigenvalue weighted by atomic mass is 32.2. The molecule has 2 heterocycles. The van der Waals surface area contributed by atoms with Crippen molar-refractivity contribution < 1.29 is 31.4 Å². The molecule has 0 aliphatic rings. The number of rotatable bonds is 11. The Balaban J connectivity index is 1.83. The van der Waals surface area contributed by atoms with Crippen molar-refractivity contribution in [3.05, 3.63) is 84.0 Å². The Morgan fingerprint density at radius 1 is 0.921 bits per heavy atom. The molecule has 4 aromatic rings. The molecule has 0 aliphatic carbocycles. The average molecular weight is 542 g/mol. The number of aromatic nitrogens is 4. The van der Waals surface area contributed by atoms with Crippen molar-refractivity contribution in [2.45, 2.75) is 6.43 Å². The first-order valence-corrected chi connectivity index (χ1v) is 12.6. The minimum absolute atomic E-state index is 0.00138. The fourth-order valence-corrected chi connectivity index (χ4v) is 3.87. The topological polar surface area (TPSA) is 125 Å². The summed E-state index contributed by atoms with van der Waals surface area (Å²) < 4.78 is 70.8. The molecule has 4 rings (SSSR count). The van der Waals surface area contributed by atoms with Crippen LogP contribution in [0.3, 0.4) is 0 Å². The van der Waals surface area contributed by atoms with Gasteiger partial charge in [0.05, 0.1) is 12.5 Å². The molecule has 1 N–H and O–H groups in total. The van der Waals surface area contributed by atoms with Crippen LogP contribution in [0.15, 0.2) is 78.5 Å². The third-order valence-corrected chi connectivity index (χ3v) is 5.68. The number of hydrogen-bond donors (Lipinski definition) is 1. The first kappa shape index (κ1) is 26.4. The predicted octanol–water partition coefficient (Wildman–Crippen LogP) is 4.79. The van der Waals surface area contributed by atoms with Gasteiger partial charge in [-0.25, -0.2) is 32.2 Å². The van der Waals surface area contributed by atoms with E-state index in [4.69, 9.17) is 14.2 Å². The van der Waals surface area contributed by atoms with Crippen LogP contribution in [0.4, 0.5) is 14.6 Å². The van der Waals surface area contributed by atoms with E-state index >= 15 is 0 Å². The van der Waals surface area contributed by atoms with Crippen molar-refractivity contribution in [1.29, 1.82) is 0 Å². The standard InChI is InChI=1S/C25H21F2N5O5S/c1-35-18-10-5-6-11-19(18)37-21-22(32-38(33,34)15-12-17-8-3-2-4-9-17)30-24(23-28-13-7-14-29-23)31-25(21)36-16-20(26)27/h2-15,20H,16H2,1H3,(H,30,31,32). The lowest BCUT2D eigenvalue weighted by molar-refractivity contribution is 0.0783. The molecule has 13 heteroatoms. The van der Waals surface area contributed by atoms with Gasteiger partial charge >= 0.3 is 0 Å². The summed E-state index contributed by atoms with van der Waals surface area (Å²) in [5.74, 6) is -1.00. The Morgan fingerprint density at radius 3 is 2.29 bits per heavy atom. The van der Waals surface area contributed by atoms with Crippen LogP contribution in [0.5, 0.6) is 23.1 Å². The zero-order valence-electron chi connectivity index (χ0n) is 19.9. The lowest BCUT2D eigenvalue weighted by Gasteiger charge is -2.17. The average Bonchev–Trinajstić information content (AvgIpc) is 2.93. The second-order valence-electron chi connectivity index (χ2n) is 7.42. The molecule has 0 saturated heterocycles. The molecule has 2 aromatic carbocycles. The smallest absolute Gasteiger partial charge is 0.272 e. The molecule has 0 fully saturated rings. The number of sulfonamides is 1. The lowest BCUT2D eigenvalue weighted by atomic mass is 10.2. The Hall–Kier alpha value is -4.65. The molecule has 0 spiro atoms. The van der Waals surface area contributed by atoms with E-state index in [-0.39, 0.29) is 28.9 Å². The van der Waals surface area contributed by atoms with E-state index in [1.165, 1.54) is 31.6 Å². The lowest BCUT2D eigenvalue weighted by Crippen LogP contribution is -2.15. The zero-order valence-corrected chi connectivity index (χ0v) is 20.7. The number of alkyl halides is 2. The summed E-state index contributed by atoms with van der Waals surface area (Å²) in [6.07, 6.45) is 1.35. The Bertz CT molecular complexity index is 1510. The van der Waals surface area contributed by atoms with Crippen molar-refractivity contribution in [1.82, 2.24) is 19.9 Å². The SMILES string of the molecule is COc1ccccc1Oc1c(NS(=O)(=O)C=Cc2ccccc2)nc(-c2ncccn2)nc1OCC(F)F. The minimum atomic E-state index is -4.19. The molecule has 0 bridgehead atoms. The van der Waals surface area contributed by atoms with Crippen LogP contribution in [-0.4, -0.2) is 48.5 Å². The van der Waals surface area contributed by atoms with Crippen molar-refractivity contribution in [3.63, 3.8) is 0 Å². The monoisotopic (exact) mass is 541 g/mol. The number of ether oxygens (including phenoxy) is 3. The largest absolute Gasteiger partial charge is 0.493 e. The summed E-state index contributed by atoms with van der Waals surface area (Å²) in [5, 5.41) is 0.926. The normalized spacial score (nSPS) is 11.5. The third kappa shape index (κ3) is 6.97. The second kappa shape index (κ2) is 12.1.